The zero-order valence-electron chi connectivity index (χ0n) is 12.6. The highest BCUT2D eigenvalue weighted by atomic mass is 16.6. The van der Waals surface area contributed by atoms with Crippen LogP contribution >= 0.6 is 0 Å². The predicted molar refractivity (Wildman–Crippen MR) is 81.9 cm³/mol. The van der Waals surface area contributed by atoms with Crippen LogP contribution < -0.4 is 5.32 Å². The van der Waals surface area contributed by atoms with Crippen molar-refractivity contribution in [1.82, 2.24) is 10.2 Å². The smallest absolute Gasteiger partial charge is 0.271 e. The molecule has 1 N–H and O–H groups in total. The van der Waals surface area contributed by atoms with Crippen LogP contribution in [0, 0.1) is 24.0 Å². The molecule has 118 valence electrons. The first-order chi connectivity index (χ1) is 11.0. The molecule has 0 aliphatic carbocycles. The van der Waals surface area contributed by atoms with E-state index in [4.69, 9.17) is 8.83 Å². The fourth-order valence-corrected chi connectivity index (χ4v) is 2.18. The fourth-order valence-electron chi connectivity index (χ4n) is 2.18. The monoisotopic (exact) mass is 314 g/mol. The number of hydrogen-bond donors (Lipinski definition) is 1. The number of rotatable bonds is 5. The van der Waals surface area contributed by atoms with Crippen molar-refractivity contribution in [3.05, 3.63) is 57.9 Å². The number of nitro benzene ring substituents is 1. The minimum absolute atomic E-state index is 0.0192. The molecule has 2 heterocycles. The zero-order chi connectivity index (χ0) is 16.4. The summed E-state index contributed by atoms with van der Waals surface area (Å²) in [7, 11) is 0. The maximum atomic E-state index is 10.7. The average molecular weight is 314 g/mol. The molecule has 2 aromatic heterocycles. The molecule has 0 saturated heterocycles. The summed E-state index contributed by atoms with van der Waals surface area (Å²) in [6.07, 6.45) is 0. The maximum absolute atomic E-state index is 10.7. The summed E-state index contributed by atoms with van der Waals surface area (Å²) >= 11 is 0. The molecular weight excluding hydrogens is 300 g/mol. The number of hydrogen-bond acceptors (Lipinski definition) is 7. The normalized spacial score (nSPS) is 10.7. The molecule has 0 bridgehead atoms. The first-order valence-electron chi connectivity index (χ1n) is 6.91. The highest BCUT2D eigenvalue weighted by Gasteiger charge is 2.14. The van der Waals surface area contributed by atoms with Crippen molar-refractivity contribution < 1.29 is 13.8 Å². The lowest BCUT2D eigenvalue weighted by Crippen LogP contribution is -2.00. The third-order valence-corrected chi connectivity index (χ3v) is 3.24. The summed E-state index contributed by atoms with van der Waals surface area (Å²) in [5.41, 5.74) is 1.39. The number of nitro groups is 1. The molecule has 3 rings (SSSR count). The van der Waals surface area contributed by atoms with E-state index in [0.717, 1.165) is 11.3 Å². The summed E-state index contributed by atoms with van der Waals surface area (Å²) in [6, 6.07) is 8.05. The van der Waals surface area contributed by atoms with E-state index < -0.39 is 4.92 Å². The summed E-state index contributed by atoms with van der Waals surface area (Å²) in [4.78, 5) is 10.3. The van der Waals surface area contributed by atoms with E-state index in [1.54, 1.807) is 12.1 Å². The van der Waals surface area contributed by atoms with Gasteiger partial charge in [-0.3, -0.25) is 10.1 Å². The largest absolute Gasteiger partial charge is 0.466 e. The lowest BCUT2D eigenvalue weighted by atomic mass is 10.2. The van der Waals surface area contributed by atoms with Gasteiger partial charge in [-0.1, -0.05) is 6.07 Å². The minimum Gasteiger partial charge on any atom is -0.466 e. The molecule has 8 nitrogen and oxygen atoms in total. The van der Waals surface area contributed by atoms with Crippen molar-refractivity contribution >= 4 is 11.4 Å². The number of anilines is 1. The Hall–Kier alpha value is -3.16. The van der Waals surface area contributed by atoms with Crippen molar-refractivity contribution in [3.8, 4) is 11.5 Å². The molecule has 0 amide bonds. The number of furan rings is 1. The van der Waals surface area contributed by atoms with Gasteiger partial charge in [0.15, 0.2) is 0 Å². The fraction of sp³-hybridized carbons (Fsp3) is 0.200. The van der Waals surface area contributed by atoms with Crippen LogP contribution in [0.5, 0.6) is 0 Å². The Morgan fingerprint density at radius 1 is 1.22 bits per heavy atom. The quantitative estimate of drug-likeness (QED) is 0.567. The number of nitrogens with zero attached hydrogens (tertiary/aromatic N) is 3. The van der Waals surface area contributed by atoms with Gasteiger partial charge in [-0.05, 0) is 26.0 Å². The van der Waals surface area contributed by atoms with Crippen molar-refractivity contribution in [2.24, 2.45) is 0 Å². The topological polar surface area (TPSA) is 107 Å². The van der Waals surface area contributed by atoms with Crippen molar-refractivity contribution in [1.29, 1.82) is 0 Å². The third-order valence-electron chi connectivity index (χ3n) is 3.24. The Kier molecular flexibility index (Phi) is 3.80. The lowest BCUT2D eigenvalue weighted by molar-refractivity contribution is -0.384. The number of nitrogens with one attached hydrogen (secondary N) is 1. The summed E-state index contributed by atoms with van der Waals surface area (Å²) in [5.74, 6) is 2.25. The van der Waals surface area contributed by atoms with E-state index in [9.17, 15) is 10.1 Å². The highest BCUT2D eigenvalue weighted by Crippen LogP contribution is 2.25. The van der Waals surface area contributed by atoms with Gasteiger partial charge in [-0.15, -0.1) is 10.2 Å². The molecule has 1 aromatic carbocycles. The van der Waals surface area contributed by atoms with Gasteiger partial charge in [0.1, 0.15) is 11.5 Å². The average Bonchev–Trinajstić information content (AvgIpc) is 3.11. The van der Waals surface area contributed by atoms with Crippen LogP contribution in [0.2, 0.25) is 0 Å². The second-order valence-electron chi connectivity index (χ2n) is 4.99. The molecule has 23 heavy (non-hydrogen) atoms. The molecule has 3 aromatic rings. The molecule has 0 saturated carbocycles. The van der Waals surface area contributed by atoms with Crippen LogP contribution in [0.4, 0.5) is 11.4 Å². The first-order valence-corrected chi connectivity index (χ1v) is 6.91. The van der Waals surface area contributed by atoms with Gasteiger partial charge < -0.3 is 14.2 Å². The van der Waals surface area contributed by atoms with Gasteiger partial charge in [0, 0.05) is 17.8 Å². The van der Waals surface area contributed by atoms with Crippen LogP contribution in [-0.4, -0.2) is 15.1 Å². The summed E-state index contributed by atoms with van der Waals surface area (Å²) in [5, 5.41) is 21.7. The van der Waals surface area contributed by atoms with E-state index in [0.29, 0.717) is 23.2 Å². The van der Waals surface area contributed by atoms with Crippen molar-refractivity contribution in [2.75, 3.05) is 5.32 Å². The molecule has 0 spiro atoms. The number of aromatic nitrogens is 2. The van der Waals surface area contributed by atoms with Gasteiger partial charge in [0.25, 0.3) is 11.6 Å². The zero-order valence-corrected chi connectivity index (χ0v) is 12.6. The number of aryl methyl sites for hydroxylation is 2. The van der Waals surface area contributed by atoms with Gasteiger partial charge in [0.2, 0.25) is 5.89 Å². The third kappa shape index (κ3) is 3.20. The van der Waals surface area contributed by atoms with Crippen molar-refractivity contribution in [3.63, 3.8) is 0 Å². The molecule has 0 aliphatic rings. The van der Waals surface area contributed by atoms with Gasteiger partial charge in [0.05, 0.1) is 17.0 Å². The van der Waals surface area contributed by atoms with E-state index in [1.807, 2.05) is 19.9 Å². The Morgan fingerprint density at radius 3 is 2.74 bits per heavy atom. The van der Waals surface area contributed by atoms with E-state index in [1.165, 1.54) is 12.1 Å². The Morgan fingerprint density at radius 2 is 2.04 bits per heavy atom. The van der Waals surface area contributed by atoms with Gasteiger partial charge >= 0.3 is 0 Å². The Bertz CT molecular complexity index is 853. The van der Waals surface area contributed by atoms with Crippen molar-refractivity contribution in [2.45, 2.75) is 20.4 Å². The molecule has 8 heteroatoms. The molecular formula is C15H14N4O4. The predicted octanol–water partition coefficient (Wildman–Crippen LogP) is 3.47. The molecule has 0 unspecified atom stereocenters. The van der Waals surface area contributed by atoms with E-state index in [-0.39, 0.29) is 12.2 Å². The van der Waals surface area contributed by atoms with Gasteiger partial charge in [-0.25, -0.2) is 0 Å². The van der Waals surface area contributed by atoms with Crippen LogP contribution in [0.25, 0.3) is 11.5 Å². The lowest BCUT2D eigenvalue weighted by Gasteiger charge is -2.02. The molecule has 0 radical (unpaired) electrons. The minimum atomic E-state index is -0.444. The molecule has 0 fully saturated rings. The Balaban J connectivity index is 1.71. The summed E-state index contributed by atoms with van der Waals surface area (Å²) < 4.78 is 11.0. The maximum Gasteiger partial charge on any atom is 0.271 e. The van der Waals surface area contributed by atoms with E-state index >= 15 is 0 Å². The number of benzene rings is 1. The first kappa shape index (κ1) is 14.8. The standard InChI is InChI=1S/C15H14N4O4/c1-9-6-13(10(2)22-9)15-18-17-14(23-15)8-16-11-4-3-5-12(7-11)19(20)21/h3-7,16H,8H2,1-2H3. The van der Waals surface area contributed by atoms with E-state index in [2.05, 4.69) is 15.5 Å². The summed E-state index contributed by atoms with van der Waals surface area (Å²) in [6.45, 7) is 3.94. The van der Waals surface area contributed by atoms with Crippen LogP contribution in [0.3, 0.4) is 0 Å². The Labute approximate surface area is 131 Å². The SMILES string of the molecule is Cc1cc(-c2nnc(CNc3cccc([N+](=O)[O-])c3)o2)c(C)o1. The van der Waals surface area contributed by atoms with Crippen LogP contribution in [-0.2, 0) is 6.54 Å². The molecule has 0 aliphatic heterocycles. The number of non-ortho nitro benzene ring substituents is 1. The molecule has 0 atom stereocenters. The van der Waals surface area contributed by atoms with Crippen LogP contribution in [0.15, 0.2) is 39.2 Å². The van der Waals surface area contributed by atoms with Crippen LogP contribution in [0.1, 0.15) is 17.4 Å². The second kappa shape index (κ2) is 5.91. The second-order valence-corrected chi connectivity index (χ2v) is 4.99. The highest BCUT2D eigenvalue weighted by molar-refractivity contribution is 5.56. The van der Waals surface area contributed by atoms with Gasteiger partial charge in [-0.2, -0.15) is 0 Å².